The highest BCUT2D eigenvalue weighted by atomic mass is 35.5. The third-order valence-corrected chi connectivity index (χ3v) is 5.18. The number of rotatable bonds is 4. The van der Waals surface area contributed by atoms with Gasteiger partial charge in [0.05, 0.1) is 11.7 Å². The molecule has 8 heteroatoms. The molecule has 0 saturated carbocycles. The minimum atomic E-state index is -0.211. The zero-order valence-electron chi connectivity index (χ0n) is 14.7. The van der Waals surface area contributed by atoms with Gasteiger partial charge in [-0.1, -0.05) is 18.2 Å². The fourth-order valence-electron chi connectivity index (χ4n) is 3.83. The molecular weight excluding hydrogens is 352 g/mol. The molecule has 2 fully saturated rings. The highest BCUT2D eigenvalue weighted by Gasteiger charge is 2.41. The van der Waals surface area contributed by atoms with Gasteiger partial charge in [-0.2, -0.15) is 5.10 Å². The molecule has 2 aromatic rings. The van der Waals surface area contributed by atoms with Crippen LogP contribution in [0.1, 0.15) is 24.9 Å². The Morgan fingerprint density at radius 2 is 2.15 bits per heavy atom. The third kappa shape index (κ3) is 3.61. The molecule has 140 valence electrons. The van der Waals surface area contributed by atoms with Gasteiger partial charge in [-0.25, -0.2) is 10.1 Å². The van der Waals surface area contributed by atoms with Gasteiger partial charge in [-0.3, -0.25) is 10.2 Å². The average Bonchev–Trinajstić information content (AvgIpc) is 3.31. The van der Waals surface area contributed by atoms with Crippen LogP contribution in [0.5, 0.6) is 0 Å². The van der Waals surface area contributed by atoms with Crippen LogP contribution in [0.25, 0.3) is 5.69 Å². The number of para-hydroxylation sites is 1. The van der Waals surface area contributed by atoms with E-state index in [1.165, 1.54) is 0 Å². The topological polar surface area (TPSA) is 83.0 Å². The number of nitrogens with zero attached hydrogens (tertiary/aromatic N) is 2. The van der Waals surface area contributed by atoms with Crippen molar-refractivity contribution in [2.24, 2.45) is 5.92 Å². The molecule has 3 heterocycles. The van der Waals surface area contributed by atoms with Gasteiger partial charge in [0.25, 0.3) is 0 Å². The van der Waals surface area contributed by atoms with Gasteiger partial charge >= 0.3 is 0 Å². The van der Waals surface area contributed by atoms with E-state index in [1.54, 1.807) is 6.20 Å². The SMILES string of the molecule is CC(NC(=O)C1NNC2CCNCC21)c1ccccc1-n1cccn1.Cl. The number of hydrogen-bond acceptors (Lipinski definition) is 5. The van der Waals surface area contributed by atoms with E-state index in [9.17, 15) is 4.79 Å². The summed E-state index contributed by atoms with van der Waals surface area (Å²) in [5.74, 6) is 0.314. The number of halogens is 1. The van der Waals surface area contributed by atoms with Crippen LogP contribution < -0.4 is 21.5 Å². The highest BCUT2D eigenvalue weighted by molar-refractivity contribution is 5.85. The number of carbonyl (C=O) groups excluding carboxylic acids is 1. The predicted octanol–water partition coefficient (Wildman–Crippen LogP) is 0.926. The zero-order chi connectivity index (χ0) is 17.2. The first-order valence-corrected chi connectivity index (χ1v) is 8.85. The zero-order valence-corrected chi connectivity index (χ0v) is 15.5. The van der Waals surface area contributed by atoms with Crippen LogP contribution >= 0.6 is 12.4 Å². The molecule has 0 spiro atoms. The van der Waals surface area contributed by atoms with E-state index in [2.05, 4.69) is 26.6 Å². The molecule has 2 saturated heterocycles. The maximum Gasteiger partial charge on any atom is 0.239 e. The van der Waals surface area contributed by atoms with Gasteiger partial charge in [0.1, 0.15) is 6.04 Å². The second-order valence-electron chi connectivity index (χ2n) is 6.77. The molecule has 0 bridgehead atoms. The van der Waals surface area contributed by atoms with Gasteiger partial charge in [-0.05, 0) is 37.6 Å². The van der Waals surface area contributed by atoms with Crippen LogP contribution in [-0.4, -0.2) is 40.9 Å². The van der Waals surface area contributed by atoms with Gasteiger partial charge in [0.2, 0.25) is 5.91 Å². The molecular formula is C18H25ClN6O. The molecule has 1 aromatic heterocycles. The summed E-state index contributed by atoms with van der Waals surface area (Å²) >= 11 is 0. The normalized spacial score (nSPS) is 25.8. The minimum absolute atomic E-state index is 0. The van der Waals surface area contributed by atoms with Crippen molar-refractivity contribution < 1.29 is 4.79 Å². The second kappa shape index (κ2) is 8.18. The van der Waals surface area contributed by atoms with Gasteiger partial charge in [0.15, 0.2) is 0 Å². The Balaban J connectivity index is 0.00000196. The van der Waals surface area contributed by atoms with E-state index in [0.717, 1.165) is 30.8 Å². The summed E-state index contributed by atoms with van der Waals surface area (Å²) in [7, 11) is 0. The van der Waals surface area contributed by atoms with E-state index in [1.807, 2.05) is 48.1 Å². The van der Waals surface area contributed by atoms with Crippen molar-refractivity contribution in [1.29, 1.82) is 0 Å². The number of hydrazine groups is 1. The first kappa shape index (κ1) is 18.8. The summed E-state index contributed by atoms with van der Waals surface area (Å²) in [6, 6.07) is 9.96. The van der Waals surface area contributed by atoms with Crippen molar-refractivity contribution in [2.75, 3.05) is 13.1 Å². The number of hydrogen-bond donors (Lipinski definition) is 4. The molecule has 7 nitrogen and oxygen atoms in total. The summed E-state index contributed by atoms with van der Waals surface area (Å²) in [6.07, 6.45) is 4.71. The third-order valence-electron chi connectivity index (χ3n) is 5.18. The van der Waals surface area contributed by atoms with Crippen LogP contribution in [0.2, 0.25) is 0 Å². The maximum atomic E-state index is 12.8. The van der Waals surface area contributed by atoms with Crippen LogP contribution in [-0.2, 0) is 4.79 Å². The van der Waals surface area contributed by atoms with Crippen molar-refractivity contribution in [2.45, 2.75) is 31.5 Å². The molecule has 0 radical (unpaired) electrons. The monoisotopic (exact) mass is 376 g/mol. The van der Waals surface area contributed by atoms with E-state index in [-0.39, 0.29) is 36.3 Å². The number of aromatic nitrogens is 2. The molecule has 1 amide bonds. The number of amides is 1. The molecule has 2 aliphatic rings. The fourth-order valence-corrected chi connectivity index (χ4v) is 3.83. The minimum Gasteiger partial charge on any atom is -0.348 e. The van der Waals surface area contributed by atoms with Crippen LogP contribution in [0.3, 0.4) is 0 Å². The molecule has 4 rings (SSSR count). The van der Waals surface area contributed by atoms with Gasteiger partial charge in [-0.15, -0.1) is 12.4 Å². The van der Waals surface area contributed by atoms with E-state index in [0.29, 0.717) is 6.04 Å². The first-order valence-electron chi connectivity index (χ1n) is 8.85. The molecule has 1 aromatic carbocycles. The Morgan fingerprint density at radius 3 is 2.96 bits per heavy atom. The summed E-state index contributed by atoms with van der Waals surface area (Å²) in [6.45, 7) is 3.87. The predicted molar refractivity (Wildman–Crippen MR) is 102 cm³/mol. The van der Waals surface area contributed by atoms with Crippen LogP contribution in [0.4, 0.5) is 0 Å². The number of nitrogens with one attached hydrogen (secondary N) is 4. The molecule has 4 atom stereocenters. The number of carbonyl (C=O) groups is 1. The Morgan fingerprint density at radius 1 is 1.31 bits per heavy atom. The molecule has 2 aliphatic heterocycles. The van der Waals surface area contributed by atoms with Crippen LogP contribution in [0, 0.1) is 5.92 Å². The summed E-state index contributed by atoms with van der Waals surface area (Å²) in [4.78, 5) is 12.8. The molecule has 4 unspecified atom stereocenters. The fraction of sp³-hybridized carbons (Fsp3) is 0.444. The Labute approximate surface area is 159 Å². The standard InChI is InChI=1S/C18H24N6O.ClH/c1-12(13-5-2-3-6-16(13)24-10-4-8-20-24)21-18(25)17-14-11-19-9-7-15(14)22-23-17;/h2-6,8,10,12,14-15,17,19,22-23H,7,9,11H2,1H3,(H,21,25);1H. The summed E-state index contributed by atoms with van der Waals surface area (Å²) in [5.41, 5.74) is 8.48. The smallest absolute Gasteiger partial charge is 0.239 e. The van der Waals surface area contributed by atoms with Crippen molar-refractivity contribution in [3.05, 3.63) is 48.3 Å². The molecule has 26 heavy (non-hydrogen) atoms. The molecule has 0 aliphatic carbocycles. The van der Waals surface area contributed by atoms with Crippen LogP contribution in [0.15, 0.2) is 42.7 Å². The van der Waals surface area contributed by atoms with Crippen molar-refractivity contribution in [3.8, 4) is 5.69 Å². The first-order chi connectivity index (χ1) is 12.2. The lowest BCUT2D eigenvalue weighted by Gasteiger charge is -2.28. The maximum absolute atomic E-state index is 12.8. The van der Waals surface area contributed by atoms with E-state index >= 15 is 0 Å². The molecule has 4 N–H and O–H groups in total. The lowest BCUT2D eigenvalue weighted by Crippen LogP contribution is -2.49. The highest BCUT2D eigenvalue weighted by Crippen LogP contribution is 2.23. The average molecular weight is 377 g/mol. The lowest BCUT2D eigenvalue weighted by atomic mass is 9.89. The Bertz CT molecular complexity index is 737. The van der Waals surface area contributed by atoms with Gasteiger partial charge in [0, 0.05) is 30.9 Å². The summed E-state index contributed by atoms with van der Waals surface area (Å²) < 4.78 is 1.83. The van der Waals surface area contributed by atoms with Crippen molar-refractivity contribution in [1.82, 2.24) is 31.3 Å². The van der Waals surface area contributed by atoms with Gasteiger partial charge < -0.3 is 10.6 Å². The number of benzene rings is 1. The van der Waals surface area contributed by atoms with E-state index in [4.69, 9.17) is 0 Å². The second-order valence-corrected chi connectivity index (χ2v) is 6.77. The van der Waals surface area contributed by atoms with Crippen molar-refractivity contribution in [3.63, 3.8) is 0 Å². The largest absolute Gasteiger partial charge is 0.348 e. The lowest BCUT2D eigenvalue weighted by molar-refractivity contribution is -0.124. The number of piperidine rings is 1. The number of fused-ring (bicyclic) bond motifs is 1. The van der Waals surface area contributed by atoms with Crippen molar-refractivity contribution >= 4 is 18.3 Å². The van der Waals surface area contributed by atoms with E-state index < -0.39 is 0 Å². The quantitative estimate of drug-likeness (QED) is 0.638. The summed E-state index contributed by atoms with van der Waals surface area (Å²) in [5, 5.41) is 10.9. The Kier molecular flexibility index (Phi) is 5.93. The Hall–Kier alpha value is -1.93.